The van der Waals surface area contributed by atoms with Crippen molar-refractivity contribution in [1.82, 2.24) is 0 Å². The zero-order valence-electron chi connectivity index (χ0n) is 18.8. The minimum absolute atomic E-state index is 0.0914. The van der Waals surface area contributed by atoms with Crippen molar-refractivity contribution in [3.63, 3.8) is 0 Å². The summed E-state index contributed by atoms with van der Waals surface area (Å²) >= 11 is 5.90. The highest BCUT2D eigenvalue weighted by molar-refractivity contribution is 6.30. The number of benzene rings is 3. The van der Waals surface area contributed by atoms with Crippen LogP contribution in [0.5, 0.6) is 17.2 Å². The summed E-state index contributed by atoms with van der Waals surface area (Å²) in [6.07, 6.45) is 1.39. The highest BCUT2D eigenvalue weighted by Crippen LogP contribution is 2.31. The molecule has 10 heteroatoms. The van der Waals surface area contributed by atoms with E-state index < -0.39 is 10.8 Å². The van der Waals surface area contributed by atoms with E-state index in [0.717, 1.165) is 5.56 Å². The molecule has 1 N–H and O–H groups in total. The predicted molar refractivity (Wildman–Crippen MR) is 131 cm³/mol. The number of nitro benzene ring substituents is 1. The van der Waals surface area contributed by atoms with Crippen LogP contribution in [0.4, 0.5) is 11.4 Å². The van der Waals surface area contributed by atoms with E-state index in [2.05, 4.69) is 5.32 Å². The zero-order valence-corrected chi connectivity index (χ0v) is 19.5. The van der Waals surface area contributed by atoms with Crippen LogP contribution >= 0.6 is 11.6 Å². The highest BCUT2D eigenvalue weighted by atomic mass is 35.5. The largest absolute Gasteiger partial charge is 0.494 e. The number of nitro groups is 1. The molecule has 0 aliphatic heterocycles. The van der Waals surface area contributed by atoms with Gasteiger partial charge in [0, 0.05) is 11.1 Å². The topological polar surface area (TPSA) is 124 Å². The summed E-state index contributed by atoms with van der Waals surface area (Å²) < 4.78 is 16.3. The van der Waals surface area contributed by atoms with Gasteiger partial charge in [0.05, 0.1) is 30.9 Å². The first-order valence-electron chi connectivity index (χ1n) is 10.2. The van der Waals surface area contributed by atoms with Gasteiger partial charge in [-0.15, -0.1) is 0 Å². The Kier molecular flexibility index (Phi) is 8.27. The third-order valence-electron chi connectivity index (χ3n) is 4.82. The molecule has 0 aliphatic carbocycles. The number of carbonyl (C=O) groups is 1. The number of ether oxygens (including phenoxy) is 3. The molecular weight excluding hydrogens is 474 g/mol. The molecule has 0 heterocycles. The van der Waals surface area contributed by atoms with Gasteiger partial charge < -0.3 is 19.5 Å². The van der Waals surface area contributed by atoms with Gasteiger partial charge in [0.15, 0.2) is 11.5 Å². The molecule has 3 aromatic carbocycles. The molecule has 3 aromatic rings. The van der Waals surface area contributed by atoms with Gasteiger partial charge in [0.2, 0.25) is 0 Å². The summed E-state index contributed by atoms with van der Waals surface area (Å²) in [6.45, 7) is 0.297. The lowest BCUT2D eigenvalue weighted by atomic mass is 10.1. The van der Waals surface area contributed by atoms with Crippen LogP contribution in [0.25, 0.3) is 6.08 Å². The minimum Gasteiger partial charge on any atom is -0.494 e. The van der Waals surface area contributed by atoms with Crippen molar-refractivity contribution in [2.75, 3.05) is 19.5 Å². The third-order valence-corrected chi connectivity index (χ3v) is 5.07. The summed E-state index contributed by atoms with van der Waals surface area (Å²) in [4.78, 5) is 23.1. The number of non-ortho nitro benzene ring substituents is 1. The van der Waals surface area contributed by atoms with Gasteiger partial charge in [0.25, 0.3) is 11.6 Å². The monoisotopic (exact) mass is 493 g/mol. The van der Waals surface area contributed by atoms with Gasteiger partial charge >= 0.3 is 0 Å². The number of carbonyl (C=O) groups excluding carboxylic acids is 1. The first-order chi connectivity index (χ1) is 16.8. The standard InChI is InChI=1S/C25H20ClN3O6/c1-33-23-13-20(29(31)32)8-9-21(23)28-25(30)18(14-27)11-17-5-10-22(24(12-17)34-2)35-15-16-3-6-19(26)7-4-16/h3-13H,15H2,1-2H3,(H,28,30). The second kappa shape index (κ2) is 11.5. The number of methoxy groups -OCH3 is 2. The van der Waals surface area contributed by atoms with Gasteiger partial charge in [0.1, 0.15) is 24.0 Å². The summed E-state index contributed by atoms with van der Waals surface area (Å²) in [5.74, 6) is 0.288. The van der Waals surface area contributed by atoms with Gasteiger partial charge in [-0.3, -0.25) is 14.9 Å². The number of halogens is 1. The molecule has 0 unspecified atom stereocenters. The molecule has 35 heavy (non-hydrogen) atoms. The van der Waals surface area contributed by atoms with Crippen molar-refractivity contribution in [2.24, 2.45) is 0 Å². The van der Waals surface area contributed by atoms with E-state index in [1.54, 1.807) is 30.3 Å². The van der Waals surface area contributed by atoms with Crippen molar-refractivity contribution >= 4 is 35.0 Å². The van der Waals surface area contributed by atoms with Crippen LogP contribution < -0.4 is 19.5 Å². The fourth-order valence-electron chi connectivity index (χ4n) is 3.04. The van der Waals surface area contributed by atoms with Crippen molar-refractivity contribution in [3.8, 4) is 23.3 Å². The Balaban J connectivity index is 1.77. The molecule has 178 valence electrons. The Morgan fingerprint density at radius 1 is 1.06 bits per heavy atom. The maximum absolute atomic E-state index is 12.7. The van der Waals surface area contributed by atoms with Crippen LogP contribution in [0, 0.1) is 21.4 Å². The van der Waals surface area contributed by atoms with E-state index in [0.29, 0.717) is 28.7 Å². The number of nitrogens with one attached hydrogen (secondary N) is 1. The number of amides is 1. The average Bonchev–Trinajstić information content (AvgIpc) is 2.87. The molecule has 0 fully saturated rings. The Morgan fingerprint density at radius 2 is 1.77 bits per heavy atom. The van der Waals surface area contributed by atoms with Crippen LogP contribution in [0.15, 0.2) is 66.2 Å². The fraction of sp³-hybridized carbons (Fsp3) is 0.120. The van der Waals surface area contributed by atoms with Crippen molar-refractivity contribution in [2.45, 2.75) is 6.61 Å². The van der Waals surface area contributed by atoms with Crippen LogP contribution in [0.2, 0.25) is 5.02 Å². The smallest absolute Gasteiger partial charge is 0.273 e. The van der Waals surface area contributed by atoms with Crippen molar-refractivity contribution in [1.29, 1.82) is 5.26 Å². The first kappa shape index (κ1) is 25.1. The Hall–Kier alpha value is -4.55. The summed E-state index contributed by atoms with van der Waals surface area (Å²) in [5.41, 5.74) is 1.25. The van der Waals surface area contributed by atoms with Crippen LogP contribution in [0.1, 0.15) is 11.1 Å². The average molecular weight is 494 g/mol. The molecule has 9 nitrogen and oxygen atoms in total. The zero-order chi connectivity index (χ0) is 25.4. The maximum Gasteiger partial charge on any atom is 0.273 e. The molecule has 0 saturated carbocycles. The Labute approximate surface area is 206 Å². The van der Waals surface area contributed by atoms with E-state index in [4.69, 9.17) is 25.8 Å². The number of nitrogens with zero attached hydrogens (tertiary/aromatic N) is 2. The molecular formula is C25H20ClN3O6. The van der Waals surface area contributed by atoms with Crippen LogP contribution in [-0.2, 0) is 11.4 Å². The lowest BCUT2D eigenvalue weighted by molar-refractivity contribution is -0.384. The van der Waals surface area contributed by atoms with E-state index in [1.165, 1.54) is 38.5 Å². The minimum atomic E-state index is -0.707. The van der Waals surface area contributed by atoms with E-state index in [1.807, 2.05) is 18.2 Å². The molecule has 3 rings (SSSR count). The van der Waals surface area contributed by atoms with Crippen LogP contribution in [-0.4, -0.2) is 25.1 Å². The third kappa shape index (κ3) is 6.50. The number of hydrogen-bond donors (Lipinski definition) is 1. The number of rotatable bonds is 9. The number of nitriles is 1. The van der Waals surface area contributed by atoms with Crippen LogP contribution in [0.3, 0.4) is 0 Å². The fourth-order valence-corrected chi connectivity index (χ4v) is 3.16. The SMILES string of the molecule is COc1cc([N+](=O)[O-])ccc1NC(=O)C(C#N)=Cc1ccc(OCc2ccc(Cl)cc2)c(OC)c1. The lowest BCUT2D eigenvalue weighted by Crippen LogP contribution is -2.14. The first-order valence-corrected chi connectivity index (χ1v) is 10.5. The highest BCUT2D eigenvalue weighted by Gasteiger charge is 2.16. The summed E-state index contributed by atoms with van der Waals surface area (Å²) in [6, 6.07) is 17.8. The van der Waals surface area contributed by atoms with Gasteiger partial charge in [-0.2, -0.15) is 5.26 Å². The second-order valence-corrected chi connectivity index (χ2v) is 7.53. The normalized spacial score (nSPS) is 10.7. The Morgan fingerprint density at radius 3 is 2.40 bits per heavy atom. The van der Waals surface area contributed by atoms with Gasteiger partial charge in [-0.1, -0.05) is 29.8 Å². The number of hydrogen-bond acceptors (Lipinski definition) is 7. The quantitative estimate of drug-likeness (QED) is 0.183. The van der Waals surface area contributed by atoms with E-state index >= 15 is 0 Å². The molecule has 0 bridgehead atoms. The maximum atomic E-state index is 12.7. The van der Waals surface area contributed by atoms with E-state index in [9.17, 15) is 20.2 Å². The molecule has 0 saturated heterocycles. The Bertz CT molecular complexity index is 1320. The lowest BCUT2D eigenvalue weighted by Gasteiger charge is -2.12. The molecule has 0 aliphatic rings. The molecule has 0 radical (unpaired) electrons. The van der Waals surface area contributed by atoms with Gasteiger partial charge in [-0.05, 0) is 47.5 Å². The summed E-state index contributed by atoms with van der Waals surface area (Å²) in [5, 5.41) is 23.6. The second-order valence-electron chi connectivity index (χ2n) is 7.09. The summed E-state index contributed by atoms with van der Waals surface area (Å²) in [7, 11) is 2.80. The molecule has 0 atom stereocenters. The molecule has 0 spiro atoms. The van der Waals surface area contributed by atoms with Crippen molar-refractivity contribution < 1.29 is 23.9 Å². The molecule has 0 aromatic heterocycles. The van der Waals surface area contributed by atoms with Crippen molar-refractivity contribution in [3.05, 3.63) is 92.5 Å². The molecule has 1 amide bonds. The number of anilines is 1. The predicted octanol–water partition coefficient (Wildman–Crippen LogP) is 5.39. The van der Waals surface area contributed by atoms with Gasteiger partial charge in [-0.25, -0.2) is 0 Å². The van der Waals surface area contributed by atoms with E-state index in [-0.39, 0.29) is 22.7 Å².